The number of benzene rings is 2. The quantitative estimate of drug-likeness (QED) is 0.398. The first kappa shape index (κ1) is 21.4. The molecule has 2 aromatic carbocycles. The van der Waals surface area contributed by atoms with Crippen LogP contribution in [0.15, 0.2) is 42.5 Å². The van der Waals surface area contributed by atoms with Crippen molar-refractivity contribution in [2.24, 2.45) is 0 Å². The Morgan fingerprint density at radius 1 is 1.31 bits per heavy atom. The van der Waals surface area contributed by atoms with E-state index in [9.17, 15) is 9.00 Å². The van der Waals surface area contributed by atoms with Crippen LogP contribution in [0.25, 0.3) is 0 Å². The number of nitrogens with zero attached hydrogens (tertiary/aromatic N) is 3. The Hall–Kier alpha value is -2.33. The van der Waals surface area contributed by atoms with Crippen LogP contribution >= 0.6 is 11.6 Å². The number of ether oxygens (including phenoxy) is 1. The number of esters is 1. The van der Waals surface area contributed by atoms with E-state index in [0.29, 0.717) is 23.7 Å². The van der Waals surface area contributed by atoms with Gasteiger partial charge in [0.05, 0.1) is 30.7 Å². The lowest BCUT2D eigenvalue weighted by Gasteiger charge is -2.36. The largest absolute Gasteiger partial charge is 0.467 e. The Morgan fingerprint density at radius 3 is 2.59 bits per heavy atom. The molecule has 8 nitrogen and oxygen atoms in total. The molecule has 2 aromatic rings. The minimum Gasteiger partial charge on any atom is -0.467 e. The third-order valence-corrected chi connectivity index (χ3v) is 5.34. The van der Waals surface area contributed by atoms with Crippen LogP contribution < -0.4 is 15.1 Å². The van der Waals surface area contributed by atoms with Crippen LogP contribution in [0.2, 0.25) is 5.02 Å². The first-order valence-corrected chi connectivity index (χ1v) is 10.3. The highest BCUT2D eigenvalue weighted by molar-refractivity contribution is 7.74. The van der Waals surface area contributed by atoms with Crippen LogP contribution in [0.1, 0.15) is 18.9 Å². The zero-order chi connectivity index (χ0) is 21.1. The first-order chi connectivity index (χ1) is 13.9. The average molecular weight is 440 g/mol. The van der Waals surface area contributed by atoms with Crippen molar-refractivity contribution in [2.45, 2.75) is 25.9 Å². The third-order valence-electron chi connectivity index (χ3n) is 4.74. The van der Waals surface area contributed by atoms with Crippen molar-refractivity contribution in [2.75, 3.05) is 29.2 Å². The Kier molecular flexibility index (Phi) is 6.63. The molecule has 1 aliphatic rings. The van der Waals surface area contributed by atoms with Crippen LogP contribution in [0, 0.1) is 0 Å². The van der Waals surface area contributed by atoms with Gasteiger partial charge in [-0.15, -0.1) is 4.28 Å². The number of hydrogen-bond donors (Lipinski definition) is 1. The molecular weight excluding hydrogens is 418 g/mol. The topological polar surface area (TPSA) is 82.5 Å². The summed E-state index contributed by atoms with van der Waals surface area (Å²) >= 11 is 3.58. The van der Waals surface area contributed by atoms with E-state index >= 15 is 0 Å². The van der Waals surface area contributed by atoms with Gasteiger partial charge in [-0.1, -0.05) is 24.6 Å². The molecule has 156 valence electrons. The SMILES string of the molecule is CCC(C(=O)OC)N1c2cccc(N(C)OS(=O)O)c2CN1c1ccc(Cl)cc1. The number of carbonyl (C=O) groups is 1. The van der Waals surface area contributed by atoms with Gasteiger partial charge in [0.2, 0.25) is 0 Å². The lowest BCUT2D eigenvalue weighted by molar-refractivity contribution is -0.142. The van der Waals surface area contributed by atoms with Gasteiger partial charge in [-0.3, -0.25) is 14.6 Å². The summed E-state index contributed by atoms with van der Waals surface area (Å²) in [6.07, 6.45) is 0.521. The maximum atomic E-state index is 12.5. The van der Waals surface area contributed by atoms with Crippen molar-refractivity contribution in [3.63, 3.8) is 0 Å². The molecule has 1 N–H and O–H groups in total. The fraction of sp³-hybridized carbons (Fsp3) is 0.316. The number of halogens is 1. The zero-order valence-corrected chi connectivity index (χ0v) is 17.8. The number of fused-ring (bicyclic) bond motifs is 1. The van der Waals surface area contributed by atoms with Gasteiger partial charge in [0.1, 0.15) is 6.04 Å². The summed E-state index contributed by atoms with van der Waals surface area (Å²) < 4.78 is 30.1. The predicted molar refractivity (Wildman–Crippen MR) is 113 cm³/mol. The molecule has 0 bridgehead atoms. The number of hydrogen-bond acceptors (Lipinski definition) is 7. The van der Waals surface area contributed by atoms with Crippen LogP contribution in [0.4, 0.5) is 17.1 Å². The van der Waals surface area contributed by atoms with Gasteiger partial charge in [-0.25, -0.2) is 9.86 Å². The summed E-state index contributed by atoms with van der Waals surface area (Å²) in [4.78, 5) is 12.5. The summed E-state index contributed by atoms with van der Waals surface area (Å²) in [6.45, 7) is 2.33. The van der Waals surface area contributed by atoms with E-state index in [1.807, 2.05) is 35.1 Å². The average Bonchev–Trinajstić information content (AvgIpc) is 3.07. The molecule has 1 heterocycles. The molecule has 0 aliphatic carbocycles. The van der Waals surface area contributed by atoms with Crippen LogP contribution in [0.5, 0.6) is 0 Å². The van der Waals surface area contributed by atoms with Gasteiger partial charge in [0.25, 0.3) is 0 Å². The van der Waals surface area contributed by atoms with E-state index in [1.54, 1.807) is 31.3 Å². The van der Waals surface area contributed by atoms with Gasteiger partial charge in [-0.05, 0) is 42.8 Å². The van der Waals surface area contributed by atoms with E-state index in [-0.39, 0.29) is 5.97 Å². The maximum Gasteiger partial charge on any atom is 0.330 e. The summed E-state index contributed by atoms with van der Waals surface area (Å²) in [7, 11) is 2.92. The van der Waals surface area contributed by atoms with Gasteiger partial charge in [0, 0.05) is 17.6 Å². The van der Waals surface area contributed by atoms with Gasteiger partial charge < -0.3 is 4.74 Å². The molecular formula is C19H22ClN3O5S. The highest BCUT2D eigenvalue weighted by atomic mass is 35.5. The zero-order valence-electron chi connectivity index (χ0n) is 16.2. The normalized spacial score (nSPS) is 15.1. The molecule has 2 atom stereocenters. The molecule has 0 fully saturated rings. The van der Waals surface area contributed by atoms with E-state index in [4.69, 9.17) is 25.2 Å². The van der Waals surface area contributed by atoms with Crippen molar-refractivity contribution in [1.82, 2.24) is 0 Å². The van der Waals surface area contributed by atoms with E-state index in [0.717, 1.165) is 16.9 Å². The molecule has 0 spiro atoms. The number of methoxy groups -OCH3 is 1. The van der Waals surface area contributed by atoms with Gasteiger partial charge in [-0.2, -0.15) is 4.21 Å². The maximum absolute atomic E-state index is 12.5. The third kappa shape index (κ3) is 4.32. The summed E-state index contributed by atoms with van der Waals surface area (Å²) in [5.41, 5.74) is 3.09. The Balaban J connectivity index is 2.11. The predicted octanol–water partition coefficient (Wildman–Crippen LogP) is 3.54. The molecule has 29 heavy (non-hydrogen) atoms. The second-order valence-corrected chi connectivity index (χ2v) is 7.41. The van der Waals surface area contributed by atoms with Crippen molar-refractivity contribution < 1.29 is 22.6 Å². The molecule has 2 unspecified atom stereocenters. The van der Waals surface area contributed by atoms with Crippen LogP contribution in [0.3, 0.4) is 0 Å². The summed E-state index contributed by atoms with van der Waals surface area (Å²) in [5.74, 6) is -0.356. The second kappa shape index (κ2) is 9.00. The Labute approximate surface area is 177 Å². The monoisotopic (exact) mass is 439 g/mol. The summed E-state index contributed by atoms with van der Waals surface area (Å²) in [5, 5.41) is 5.70. The van der Waals surface area contributed by atoms with E-state index in [1.165, 1.54) is 12.2 Å². The molecule has 0 saturated heterocycles. The molecule has 10 heteroatoms. The first-order valence-electron chi connectivity index (χ1n) is 8.92. The van der Waals surface area contributed by atoms with Crippen molar-refractivity contribution in [3.05, 3.63) is 53.1 Å². The molecule has 1 aliphatic heterocycles. The Morgan fingerprint density at radius 2 is 2.00 bits per heavy atom. The van der Waals surface area contributed by atoms with Gasteiger partial charge >= 0.3 is 17.3 Å². The number of anilines is 3. The standard InChI is InChI=1S/C19H22ClN3O5S/c1-4-16(19(24)27-3)23-18-7-5-6-17(21(2)28-29(25)26)15(18)12-22(23)14-10-8-13(20)9-11-14/h5-11,16H,4,12H2,1-3H3,(H,25,26). The fourth-order valence-electron chi connectivity index (χ4n) is 3.47. The second-order valence-electron chi connectivity index (χ2n) is 6.39. The molecule has 0 aromatic heterocycles. The number of rotatable bonds is 7. The summed E-state index contributed by atoms with van der Waals surface area (Å²) in [6, 6.07) is 12.2. The fourth-order valence-corrected chi connectivity index (χ4v) is 3.86. The minimum absolute atomic E-state index is 0.356. The molecule has 3 rings (SSSR count). The lowest BCUT2D eigenvalue weighted by Crippen LogP contribution is -2.49. The van der Waals surface area contributed by atoms with Gasteiger partial charge in [0.15, 0.2) is 0 Å². The number of hydrazine groups is 1. The van der Waals surface area contributed by atoms with Crippen molar-refractivity contribution in [3.8, 4) is 0 Å². The smallest absolute Gasteiger partial charge is 0.330 e. The van der Waals surface area contributed by atoms with E-state index < -0.39 is 17.4 Å². The Bertz CT molecular complexity index is 911. The van der Waals surface area contributed by atoms with Crippen molar-refractivity contribution >= 4 is 46.0 Å². The molecule has 0 radical (unpaired) electrons. The number of hydroxylamine groups is 1. The number of carbonyl (C=O) groups excluding carboxylic acids is 1. The molecule has 0 saturated carbocycles. The highest BCUT2D eigenvalue weighted by Crippen LogP contribution is 2.42. The van der Waals surface area contributed by atoms with Crippen LogP contribution in [-0.2, 0) is 31.7 Å². The molecule has 0 amide bonds. The minimum atomic E-state index is -2.46. The van der Waals surface area contributed by atoms with Crippen molar-refractivity contribution in [1.29, 1.82) is 0 Å². The van der Waals surface area contributed by atoms with E-state index in [2.05, 4.69) is 0 Å². The van der Waals surface area contributed by atoms with Crippen LogP contribution in [-0.4, -0.2) is 34.9 Å². The highest BCUT2D eigenvalue weighted by Gasteiger charge is 2.38. The lowest BCUT2D eigenvalue weighted by atomic mass is 10.1.